The molecule has 0 spiro atoms. The molecule has 0 saturated carbocycles. The smallest absolute Gasteiger partial charge is 0.251 e. The molecule has 0 bridgehead atoms. The number of hydrogen-bond acceptors (Lipinski definition) is 4. The van der Waals surface area contributed by atoms with Crippen molar-refractivity contribution in [3.8, 4) is 0 Å². The van der Waals surface area contributed by atoms with Crippen LogP contribution in [0.15, 0.2) is 47.4 Å². The van der Waals surface area contributed by atoms with Gasteiger partial charge in [-0.15, -0.1) is 11.8 Å². The molecule has 2 N–H and O–H groups in total. The van der Waals surface area contributed by atoms with E-state index in [1.54, 1.807) is 12.1 Å². The van der Waals surface area contributed by atoms with E-state index in [9.17, 15) is 9.59 Å². The van der Waals surface area contributed by atoms with Crippen LogP contribution in [0, 0.1) is 0 Å². The van der Waals surface area contributed by atoms with E-state index in [-0.39, 0.29) is 17.1 Å². The standard InChI is InChI=1S/C19H21N3O2S/c1-12-18(23)21-16-10-14(6-9-17(16)25-12)19(24)20-11-13-4-7-15(8-5-13)22(2)3/h4-10,12H,11H2,1-3H3,(H,20,24)(H,21,23)/t12-/m1/s1. The highest BCUT2D eigenvalue weighted by Gasteiger charge is 2.23. The molecule has 1 atom stereocenters. The van der Waals surface area contributed by atoms with E-state index in [0.717, 1.165) is 16.1 Å². The topological polar surface area (TPSA) is 61.4 Å². The second-order valence-electron chi connectivity index (χ2n) is 6.20. The first-order valence-electron chi connectivity index (χ1n) is 8.10. The van der Waals surface area contributed by atoms with Crippen LogP contribution in [0.5, 0.6) is 0 Å². The predicted octanol–water partition coefficient (Wildman–Crippen LogP) is 3.12. The van der Waals surface area contributed by atoms with Gasteiger partial charge >= 0.3 is 0 Å². The highest BCUT2D eigenvalue weighted by atomic mass is 32.2. The molecule has 1 aliphatic rings. The van der Waals surface area contributed by atoms with Gasteiger partial charge in [-0.25, -0.2) is 0 Å². The number of nitrogens with zero attached hydrogens (tertiary/aromatic N) is 1. The minimum atomic E-state index is -0.155. The molecule has 3 rings (SSSR count). The lowest BCUT2D eigenvalue weighted by Gasteiger charge is -2.21. The maximum Gasteiger partial charge on any atom is 0.251 e. The molecule has 5 nitrogen and oxygen atoms in total. The van der Waals surface area contributed by atoms with E-state index in [4.69, 9.17) is 0 Å². The molecule has 2 aromatic rings. The Kier molecular flexibility index (Phi) is 4.99. The van der Waals surface area contributed by atoms with Crippen molar-refractivity contribution in [2.75, 3.05) is 24.3 Å². The van der Waals surface area contributed by atoms with Crippen molar-refractivity contribution in [3.05, 3.63) is 53.6 Å². The van der Waals surface area contributed by atoms with E-state index >= 15 is 0 Å². The molecule has 2 aromatic carbocycles. The molecule has 0 saturated heterocycles. The minimum Gasteiger partial charge on any atom is -0.378 e. The van der Waals surface area contributed by atoms with Gasteiger partial charge < -0.3 is 15.5 Å². The quantitative estimate of drug-likeness (QED) is 0.885. The number of fused-ring (bicyclic) bond motifs is 1. The zero-order valence-corrected chi connectivity index (χ0v) is 15.3. The van der Waals surface area contributed by atoms with Crippen LogP contribution < -0.4 is 15.5 Å². The van der Waals surface area contributed by atoms with Crippen LogP contribution in [0.1, 0.15) is 22.8 Å². The number of thioether (sulfide) groups is 1. The highest BCUT2D eigenvalue weighted by molar-refractivity contribution is 8.00. The van der Waals surface area contributed by atoms with Gasteiger partial charge in [-0.05, 0) is 42.8 Å². The summed E-state index contributed by atoms with van der Waals surface area (Å²) in [5.74, 6) is -0.187. The number of rotatable bonds is 4. The number of carbonyl (C=O) groups excluding carboxylic acids is 2. The Balaban J connectivity index is 1.65. The average molecular weight is 355 g/mol. The van der Waals surface area contributed by atoms with Crippen molar-refractivity contribution in [1.82, 2.24) is 5.32 Å². The first kappa shape index (κ1) is 17.4. The van der Waals surface area contributed by atoms with Crippen molar-refractivity contribution in [2.24, 2.45) is 0 Å². The Labute approximate surface area is 151 Å². The van der Waals surface area contributed by atoms with E-state index in [1.165, 1.54) is 11.8 Å². The van der Waals surface area contributed by atoms with Crippen LogP contribution in [0.3, 0.4) is 0 Å². The lowest BCUT2D eigenvalue weighted by molar-refractivity contribution is -0.115. The largest absolute Gasteiger partial charge is 0.378 e. The van der Waals surface area contributed by atoms with Crippen LogP contribution in [0.4, 0.5) is 11.4 Å². The van der Waals surface area contributed by atoms with Crippen LogP contribution in [0.25, 0.3) is 0 Å². The molecular weight excluding hydrogens is 334 g/mol. The maximum atomic E-state index is 12.4. The van der Waals surface area contributed by atoms with Crippen LogP contribution in [-0.4, -0.2) is 31.2 Å². The molecule has 2 amide bonds. The second kappa shape index (κ2) is 7.19. The molecule has 1 aliphatic heterocycles. The first-order valence-corrected chi connectivity index (χ1v) is 8.98. The number of benzene rings is 2. The van der Waals surface area contributed by atoms with Gasteiger partial charge in [0.05, 0.1) is 10.9 Å². The van der Waals surface area contributed by atoms with Gasteiger partial charge in [0.2, 0.25) is 5.91 Å². The number of anilines is 2. The Morgan fingerprint density at radius 2 is 1.92 bits per heavy atom. The molecular formula is C19H21N3O2S. The predicted molar refractivity (Wildman–Crippen MR) is 102 cm³/mol. The molecule has 130 valence electrons. The first-order chi connectivity index (χ1) is 11.9. The molecule has 0 aromatic heterocycles. The highest BCUT2D eigenvalue weighted by Crippen LogP contribution is 2.35. The Morgan fingerprint density at radius 3 is 2.60 bits per heavy atom. The summed E-state index contributed by atoms with van der Waals surface area (Å²) in [6.07, 6.45) is 0. The average Bonchev–Trinajstić information content (AvgIpc) is 2.60. The van der Waals surface area contributed by atoms with Crippen molar-refractivity contribution in [2.45, 2.75) is 23.6 Å². The van der Waals surface area contributed by atoms with Crippen LogP contribution in [-0.2, 0) is 11.3 Å². The summed E-state index contributed by atoms with van der Waals surface area (Å²) in [7, 11) is 3.98. The summed E-state index contributed by atoms with van der Waals surface area (Å²) in [6, 6.07) is 13.5. The zero-order chi connectivity index (χ0) is 18.0. The van der Waals surface area contributed by atoms with Crippen molar-refractivity contribution in [3.63, 3.8) is 0 Å². The van der Waals surface area contributed by atoms with Gasteiger partial charge in [-0.3, -0.25) is 9.59 Å². The summed E-state index contributed by atoms with van der Waals surface area (Å²) < 4.78 is 0. The number of carbonyl (C=O) groups is 2. The van der Waals surface area contributed by atoms with Gasteiger partial charge in [0, 0.05) is 36.8 Å². The van der Waals surface area contributed by atoms with Crippen LogP contribution in [0.2, 0.25) is 0 Å². The van der Waals surface area contributed by atoms with Gasteiger partial charge in [0.1, 0.15) is 0 Å². The molecule has 6 heteroatoms. The lowest BCUT2D eigenvalue weighted by Crippen LogP contribution is -2.27. The molecule has 1 heterocycles. The Bertz CT molecular complexity index is 803. The third-order valence-corrected chi connectivity index (χ3v) is 5.26. The maximum absolute atomic E-state index is 12.4. The fraction of sp³-hybridized carbons (Fsp3) is 0.263. The van der Waals surface area contributed by atoms with E-state index in [2.05, 4.69) is 10.6 Å². The molecule has 0 fully saturated rings. The minimum absolute atomic E-state index is 0.0314. The fourth-order valence-corrected chi connectivity index (χ4v) is 3.48. The molecule has 0 aliphatic carbocycles. The summed E-state index contributed by atoms with van der Waals surface area (Å²) in [4.78, 5) is 27.2. The molecule has 0 unspecified atom stereocenters. The van der Waals surface area contributed by atoms with Crippen molar-refractivity contribution in [1.29, 1.82) is 0 Å². The molecule has 0 radical (unpaired) electrons. The van der Waals surface area contributed by atoms with E-state index in [1.807, 2.05) is 56.3 Å². The summed E-state index contributed by atoms with van der Waals surface area (Å²) >= 11 is 1.51. The number of hydrogen-bond donors (Lipinski definition) is 2. The summed E-state index contributed by atoms with van der Waals surface area (Å²) in [6.45, 7) is 2.33. The Morgan fingerprint density at radius 1 is 1.20 bits per heavy atom. The van der Waals surface area contributed by atoms with Gasteiger partial charge in [-0.2, -0.15) is 0 Å². The van der Waals surface area contributed by atoms with Gasteiger partial charge in [-0.1, -0.05) is 12.1 Å². The second-order valence-corrected chi connectivity index (χ2v) is 7.59. The van der Waals surface area contributed by atoms with E-state index < -0.39 is 0 Å². The van der Waals surface area contributed by atoms with Crippen molar-refractivity contribution >= 4 is 35.0 Å². The third-order valence-electron chi connectivity index (χ3n) is 4.08. The van der Waals surface area contributed by atoms with E-state index in [0.29, 0.717) is 17.8 Å². The van der Waals surface area contributed by atoms with Gasteiger partial charge in [0.25, 0.3) is 5.91 Å². The summed E-state index contributed by atoms with van der Waals surface area (Å²) in [5.41, 5.74) is 3.40. The monoisotopic (exact) mass is 355 g/mol. The zero-order valence-electron chi connectivity index (χ0n) is 14.5. The SMILES string of the molecule is C[C@H]1Sc2ccc(C(=O)NCc3ccc(N(C)C)cc3)cc2NC1=O. The number of nitrogens with one attached hydrogen (secondary N) is 2. The molecule has 25 heavy (non-hydrogen) atoms. The lowest BCUT2D eigenvalue weighted by atomic mass is 10.1. The fourth-order valence-electron chi connectivity index (χ4n) is 2.55. The number of amides is 2. The Hall–Kier alpha value is -2.47. The van der Waals surface area contributed by atoms with Gasteiger partial charge in [0.15, 0.2) is 0 Å². The normalized spacial score (nSPS) is 16.0. The third kappa shape index (κ3) is 3.96. The summed E-state index contributed by atoms with van der Waals surface area (Å²) in [5, 5.41) is 5.66. The van der Waals surface area contributed by atoms with Crippen molar-refractivity contribution < 1.29 is 9.59 Å². The van der Waals surface area contributed by atoms with Crippen LogP contribution >= 0.6 is 11.8 Å².